The van der Waals surface area contributed by atoms with Crippen LogP contribution in [0.5, 0.6) is 11.5 Å². The van der Waals surface area contributed by atoms with Gasteiger partial charge in [0.1, 0.15) is 17.8 Å². The average Bonchev–Trinajstić information content (AvgIpc) is 3.35. The maximum Gasteiger partial charge on any atom is 0.194 e. The number of aliphatic hydroxyl groups is 1. The molecule has 230 valence electrons. The first-order chi connectivity index (χ1) is 20.6. The minimum Gasteiger partial charge on any atom is -0.493 e. The summed E-state index contributed by atoms with van der Waals surface area (Å²) < 4.78 is 23.8. The number of nitrogens with zero attached hydrogens (tertiary/aromatic N) is 1. The molecule has 1 N–H and O–H groups in total. The first-order valence-electron chi connectivity index (χ1n) is 15.6. The number of piperidine rings is 1. The smallest absolute Gasteiger partial charge is 0.194 e. The first kappa shape index (κ1) is 30.0. The van der Waals surface area contributed by atoms with Crippen LogP contribution in [0.25, 0.3) is 0 Å². The summed E-state index contributed by atoms with van der Waals surface area (Å²) in [5.41, 5.74) is 2.51. The lowest BCUT2D eigenvalue weighted by Gasteiger charge is -2.63. The Morgan fingerprint density at radius 3 is 2.67 bits per heavy atom. The summed E-state index contributed by atoms with van der Waals surface area (Å²) in [6.45, 7) is 7.54. The number of carbonyl (C=O) groups is 2. The summed E-state index contributed by atoms with van der Waals surface area (Å²) in [5.74, 6) is 1.25. The third-order valence-electron chi connectivity index (χ3n) is 10.4. The molecule has 2 bridgehead atoms. The Morgan fingerprint density at radius 2 is 1.95 bits per heavy atom. The fourth-order valence-electron chi connectivity index (χ4n) is 8.36. The third kappa shape index (κ3) is 4.65. The van der Waals surface area contributed by atoms with Gasteiger partial charge >= 0.3 is 0 Å². The number of aryl methyl sites for hydroxylation is 1. The number of allylic oxidation sites excluding steroid dienone is 1. The Bertz CT molecular complexity index is 1450. The van der Waals surface area contributed by atoms with E-state index >= 15 is 0 Å². The predicted octanol–water partition coefficient (Wildman–Crippen LogP) is 4.82. The van der Waals surface area contributed by atoms with Crippen molar-refractivity contribution in [1.29, 1.82) is 0 Å². The van der Waals surface area contributed by atoms with Crippen LogP contribution in [0.2, 0.25) is 0 Å². The van der Waals surface area contributed by atoms with E-state index in [-0.39, 0.29) is 30.3 Å². The lowest BCUT2D eigenvalue weighted by Crippen LogP contribution is -2.79. The molecule has 2 aliphatic carbocycles. The highest BCUT2D eigenvalue weighted by atomic mass is 16.7. The molecular formula is C35H44NO7+. The second-order valence-corrected chi connectivity index (χ2v) is 12.9. The van der Waals surface area contributed by atoms with E-state index < -0.39 is 17.1 Å². The van der Waals surface area contributed by atoms with Gasteiger partial charge in [-0.05, 0) is 51.7 Å². The molecule has 1 spiro atoms. The lowest BCUT2D eigenvalue weighted by molar-refractivity contribution is -0.903. The normalized spacial score (nSPS) is 31.3. The van der Waals surface area contributed by atoms with Crippen LogP contribution in [0.3, 0.4) is 0 Å². The number of methoxy groups -OCH3 is 1. The van der Waals surface area contributed by atoms with Crippen molar-refractivity contribution in [3.8, 4) is 11.5 Å². The van der Waals surface area contributed by atoms with Gasteiger partial charge in [-0.25, -0.2) is 0 Å². The van der Waals surface area contributed by atoms with Crippen LogP contribution in [0.1, 0.15) is 73.0 Å². The number of ether oxygens (including phenoxy) is 4. The topological polar surface area (TPSA) is 91.3 Å². The molecule has 8 heteroatoms. The molecular weight excluding hydrogens is 546 g/mol. The molecule has 1 saturated carbocycles. The molecule has 6 atom stereocenters. The molecule has 8 nitrogen and oxygen atoms in total. The summed E-state index contributed by atoms with van der Waals surface area (Å²) in [6, 6.07) is 11.4. The number of carbonyl (C=O) groups excluding carboxylic acids is 2. The molecule has 4 aliphatic rings. The molecule has 0 aromatic heterocycles. The molecule has 2 aliphatic heterocycles. The second kappa shape index (κ2) is 11.1. The molecule has 43 heavy (non-hydrogen) atoms. The maximum atomic E-state index is 14.0. The highest BCUT2D eigenvalue weighted by Crippen LogP contribution is 2.65. The molecule has 2 aromatic carbocycles. The number of likely N-dealkylation sites (tertiary alicyclic amines) is 1. The molecule has 6 rings (SSSR count). The van der Waals surface area contributed by atoms with E-state index in [1.165, 1.54) is 0 Å². The highest BCUT2D eigenvalue weighted by Gasteiger charge is 2.76. The largest absolute Gasteiger partial charge is 0.493 e. The predicted molar refractivity (Wildman–Crippen MR) is 161 cm³/mol. The lowest BCUT2D eigenvalue weighted by atomic mass is 9.48. The quantitative estimate of drug-likeness (QED) is 0.132. The van der Waals surface area contributed by atoms with Crippen molar-refractivity contribution in [2.24, 2.45) is 0 Å². The zero-order valence-electron chi connectivity index (χ0n) is 26.0. The van der Waals surface area contributed by atoms with Crippen molar-refractivity contribution in [3.05, 3.63) is 70.4 Å². The van der Waals surface area contributed by atoms with E-state index in [4.69, 9.17) is 18.9 Å². The van der Waals surface area contributed by atoms with Crippen LogP contribution in [-0.2, 0) is 26.1 Å². The highest BCUT2D eigenvalue weighted by molar-refractivity contribution is 6.08. The molecule has 2 fully saturated rings. The summed E-state index contributed by atoms with van der Waals surface area (Å²) in [7, 11) is 3.73. The van der Waals surface area contributed by atoms with E-state index in [0.29, 0.717) is 79.0 Å². The zero-order valence-corrected chi connectivity index (χ0v) is 26.0. The van der Waals surface area contributed by atoms with Crippen LogP contribution >= 0.6 is 0 Å². The monoisotopic (exact) mass is 590 g/mol. The van der Waals surface area contributed by atoms with Gasteiger partial charge in [-0.3, -0.25) is 14.1 Å². The summed E-state index contributed by atoms with van der Waals surface area (Å²) in [4.78, 5) is 27.4. The van der Waals surface area contributed by atoms with Crippen LogP contribution < -0.4 is 9.47 Å². The van der Waals surface area contributed by atoms with Crippen LogP contribution in [0, 0.1) is 6.92 Å². The van der Waals surface area contributed by atoms with Crippen molar-refractivity contribution in [3.63, 3.8) is 0 Å². The van der Waals surface area contributed by atoms with Gasteiger partial charge in [-0.1, -0.05) is 35.9 Å². The summed E-state index contributed by atoms with van der Waals surface area (Å²) in [5, 5.41) is 12.8. The molecule has 0 amide bonds. The Morgan fingerprint density at radius 1 is 1.19 bits per heavy atom. The van der Waals surface area contributed by atoms with Crippen LogP contribution in [-0.4, -0.2) is 79.1 Å². The van der Waals surface area contributed by atoms with Gasteiger partial charge < -0.3 is 24.1 Å². The van der Waals surface area contributed by atoms with Gasteiger partial charge in [-0.2, -0.15) is 0 Å². The fraction of sp³-hybridized carbons (Fsp3) is 0.543. The minimum absolute atomic E-state index is 0.00591. The van der Waals surface area contributed by atoms with Gasteiger partial charge in [0.2, 0.25) is 0 Å². The third-order valence-corrected chi connectivity index (χ3v) is 10.4. The standard InChI is InChI=1S/C35H44NO7/c1-6-41-23(3)42-19-7-8-26(31(38)24-11-9-22(2)10-12-24)21-36(4)18-17-34-30-25-13-14-28(40-5)32(30)43-33(34)27(37)15-16-35(34,39)29(36)20-25/h9-14,21,23,29,33,39H,6-8,15-20H2,1-5H3/q+1/b26-21+/t23?,29-,33+,34+,35-,36+/m0/s1. The number of quaternary nitrogens is 1. The van der Waals surface area contributed by atoms with Gasteiger partial charge in [0.15, 0.2) is 35.5 Å². The maximum absolute atomic E-state index is 14.0. The van der Waals surface area contributed by atoms with Crippen LogP contribution in [0.4, 0.5) is 0 Å². The first-order valence-corrected chi connectivity index (χ1v) is 15.6. The molecule has 2 heterocycles. The number of rotatable bonds is 11. The minimum atomic E-state index is -1.17. The zero-order chi connectivity index (χ0) is 30.6. The number of hydrogen-bond donors (Lipinski definition) is 1. The summed E-state index contributed by atoms with van der Waals surface area (Å²) in [6.07, 6.45) is 4.09. The molecule has 1 saturated heterocycles. The molecule has 1 unspecified atom stereocenters. The Labute approximate surface area is 254 Å². The molecule has 0 radical (unpaired) electrons. The second-order valence-electron chi connectivity index (χ2n) is 12.9. The van der Waals surface area contributed by atoms with Crippen molar-refractivity contribution >= 4 is 11.6 Å². The number of likely N-dealkylation sites (N-methyl/N-ethyl adjacent to an activating group) is 1. The van der Waals surface area contributed by atoms with E-state index in [2.05, 4.69) is 19.3 Å². The Balaban J connectivity index is 1.39. The van der Waals surface area contributed by atoms with E-state index in [9.17, 15) is 14.7 Å². The SMILES string of the molecule is CCOC(C)OCCC/C(=C\[N@@+]1(C)CC[C@@]23c4c5ccc(OC)c4O[C@@H]2C(=O)CC[C@]3(O)[C@@H]1C5)C(=O)c1ccc(C)cc1. The van der Waals surface area contributed by atoms with E-state index in [1.807, 2.05) is 51.1 Å². The van der Waals surface area contributed by atoms with Crippen molar-refractivity contribution in [1.82, 2.24) is 0 Å². The van der Waals surface area contributed by atoms with Crippen molar-refractivity contribution in [2.75, 3.05) is 33.9 Å². The van der Waals surface area contributed by atoms with Gasteiger partial charge in [0.25, 0.3) is 0 Å². The van der Waals surface area contributed by atoms with Crippen molar-refractivity contribution < 1.29 is 38.1 Å². The Kier molecular flexibility index (Phi) is 7.78. The fourth-order valence-corrected chi connectivity index (χ4v) is 8.36. The van der Waals surface area contributed by atoms with Crippen LogP contribution in [0.15, 0.2) is 48.2 Å². The van der Waals surface area contributed by atoms with Gasteiger partial charge in [0, 0.05) is 37.0 Å². The number of hydrogen-bond acceptors (Lipinski definition) is 7. The van der Waals surface area contributed by atoms with E-state index in [0.717, 1.165) is 16.7 Å². The number of Topliss-reactive ketones (excluding diaryl/α,β-unsaturated/α-hetero) is 2. The number of benzene rings is 2. The Hall–Kier alpha value is -3.04. The van der Waals surface area contributed by atoms with Gasteiger partial charge in [0.05, 0.1) is 38.3 Å². The van der Waals surface area contributed by atoms with E-state index in [1.54, 1.807) is 7.11 Å². The van der Waals surface area contributed by atoms with Crippen molar-refractivity contribution in [2.45, 2.75) is 88.7 Å². The average molecular weight is 591 g/mol. The van der Waals surface area contributed by atoms with Gasteiger partial charge in [-0.15, -0.1) is 0 Å². The summed E-state index contributed by atoms with van der Waals surface area (Å²) >= 11 is 0. The molecule has 2 aromatic rings. The number of ketones is 2.